The van der Waals surface area contributed by atoms with Crippen LogP contribution in [0.25, 0.3) is 0 Å². The van der Waals surface area contributed by atoms with Gasteiger partial charge in [-0.15, -0.1) is 0 Å². The van der Waals surface area contributed by atoms with E-state index in [1.807, 2.05) is 18.9 Å². The van der Waals surface area contributed by atoms with Crippen molar-refractivity contribution in [3.8, 4) is 0 Å². The Balaban J connectivity index is 2.53. The van der Waals surface area contributed by atoms with Crippen molar-refractivity contribution in [3.05, 3.63) is 0 Å². The molecule has 1 aliphatic heterocycles. The quantitative estimate of drug-likeness (QED) is 0.586. The van der Waals surface area contributed by atoms with Crippen molar-refractivity contribution in [2.24, 2.45) is 5.73 Å². The Morgan fingerprint density at radius 3 is 2.83 bits per heavy atom. The van der Waals surface area contributed by atoms with Gasteiger partial charge in [0.1, 0.15) is 0 Å². The first-order valence-electron chi connectivity index (χ1n) is 4.36. The summed E-state index contributed by atoms with van der Waals surface area (Å²) >= 11 is 0. The van der Waals surface area contributed by atoms with E-state index in [1.54, 1.807) is 0 Å². The van der Waals surface area contributed by atoms with Gasteiger partial charge in [0.15, 0.2) is 0 Å². The summed E-state index contributed by atoms with van der Waals surface area (Å²) in [6.45, 7) is 4.95. The molecule has 0 spiro atoms. The van der Waals surface area contributed by atoms with Crippen LogP contribution >= 0.6 is 0 Å². The number of amides is 1. The summed E-state index contributed by atoms with van der Waals surface area (Å²) in [6, 6.07) is 0.0188. The van der Waals surface area contributed by atoms with Crippen LogP contribution < -0.4 is 5.73 Å². The average Bonchev–Trinajstić information content (AvgIpc) is 2.07. The predicted octanol–water partition coefficient (Wildman–Crippen LogP) is -0.892. The molecule has 0 saturated carbocycles. The zero-order valence-corrected chi connectivity index (χ0v) is 7.79. The number of rotatable bonds is 2. The van der Waals surface area contributed by atoms with E-state index in [2.05, 4.69) is 4.90 Å². The predicted molar refractivity (Wildman–Crippen MR) is 47.7 cm³/mol. The van der Waals surface area contributed by atoms with Crippen LogP contribution in [0, 0.1) is 0 Å². The van der Waals surface area contributed by atoms with Gasteiger partial charge in [-0.25, -0.2) is 0 Å². The lowest BCUT2D eigenvalue weighted by Crippen LogP contribution is -2.55. The number of hydrogen-bond donors (Lipinski definition) is 1. The molecule has 0 aromatic rings. The van der Waals surface area contributed by atoms with Gasteiger partial charge in [0, 0.05) is 26.2 Å². The molecule has 0 radical (unpaired) electrons. The van der Waals surface area contributed by atoms with Crippen LogP contribution in [0.2, 0.25) is 0 Å². The van der Waals surface area contributed by atoms with Gasteiger partial charge in [0.25, 0.3) is 0 Å². The second-order valence-corrected chi connectivity index (χ2v) is 3.27. The minimum atomic E-state index is 0.0188. The van der Waals surface area contributed by atoms with Gasteiger partial charge in [-0.3, -0.25) is 9.69 Å². The monoisotopic (exact) mass is 171 g/mol. The smallest absolute Gasteiger partial charge is 0.239 e. The number of hydrogen-bond acceptors (Lipinski definition) is 3. The Morgan fingerprint density at radius 2 is 2.25 bits per heavy atom. The second kappa shape index (κ2) is 3.87. The van der Waals surface area contributed by atoms with Crippen LogP contribution in [0.4, 0.5) is 0 Å². The SMILES string of the molecule is CC1C(=O)N(CCN)CCN1C. The first-order valence-corrected chi connectivity index (χ1v) is 4.36. The van der Waals surface area contributed by atoms with Gasteiger partial charge in [0.2, 0.25) is 5.91 Å². The Morgan fingerprint density at radius 1 is 1.58 bits per heavy atom. The van der Waals surface area contributed by atoms with E-state index in [4.69, 9.17) is 5.73 Å². The van der Waals surface area contributed by atoms with E-state index in [-0.39, 0.29) is 11.9 Å². The van der Waals surface area contributed by atoms with Gasteiger partial charge in [0.05, 0.1) is 6.04 Å². The third kappa shape index (κ3) is 1.76. The van der Waals surface area contributed by atoms with Gasteiger partial charge in [-0.2, -0.15) is 0 Å². The summed E-state index contributed by atoms with van der Waals surface area (Å²) < 4.78 is 0. The van der Waals surface area contributed by atoms with Crippen LogP contribution in [-0.4, -0.2) is 55.0 Å². The molecule has 1 fully saturated rings. The van der Waals surface area contributed by atoms with Gasteiger partial charge in [-0.05, 0) is 14.0 Å². The van der Waals surface area contributed by atoms with Crippen LogP contribution in [0.5, 0.6) is 0 Å². The van der Waals surface area contributed by atoms with Crippen LogP contribution in [-0.2, 0) is 4.79 Å². The van der Waals surface area contributed by atoms with E-state index in [1.165, 1.54) is 0 Å². The van der Waals surface area contributed by atoms with E-state index in [9.17, 15) is 4.79 Å². The Bertz CT molecular complexity index is 172. The van der Waals surface area contributed by atoms with E-state index in [0.717, 1.165) is 13.1 Å². The summed E-state index contributed by atoms with van der Waals surface area (Å²) in [6.07, 6.45) is 0. The highest BCUT2D eigenvalue weighted by atomic mass is 16.2. The Labute approximate surface area is 73.3 Å². The minimum Gasteiger partial charge on any atom is -0.339 e. The molecule has 1 amide bonds. The highest BCUT2D eigenvalue weighted by molar-refractivity contribution is 5.82. The largest absolute Gasteiger partial charge is 0.339 e. The highest BCUT2D eigenvalue weighted by Gasteiger charge is 2.27. The van der Waals surface area contributed by atoms with Crippen molar-refractivity contribution in [2.75, 3.05) is 33.2 Å². The fraction of sp³-hybridized carbons (Fsp3) is 0.875. The number of carbonyl (C=O) groups is 1. The summed E-state index contributed by atoms with van der Waals surface area (Å²) in [5, 5.41) is 0. The lowest BCUT2D eigenvalue weighted by Gasteiger charge is -2.36. The lowest BCUT2D eigenvalue weighted by atomic mass is 10.2. The van der Waals surface area contributed by atoms with Crippen LogP contribution in [0.15, 0.2) is 0 Å². The van der Waals surface area contributed by atoms with Crippen LogP contribution in [0.3, 0.4) is 0 Å². The van der Waals surface area contributed by atoms with Crippen molar-refractivity contribution in [1.82, 2.24) is 9.80 Å². The topological polar surface area (TPSA) is 49.6 Å². The fourth-order valence-electron chi connectivity index (χ4n) is 1.41. The van der Waals surface area contributed by atoms with Crippen molar-refractivity contribution in [3.63, 3.8) is 0 Å². The molecule has 0 aromatic heterocycles. The molecule has 2 N–H and O–H groups in total. The van der Waals surface area contributed by atoms with Crippen LogP contribution in [0.1, 0.15) is 6.92 Å². The van der Waals surface area contributed by atoms with Gasteiger partial charge < -0.3 is 10.6 Å². The standard InChI is InChI=1S/C8H17N3O/c1-7-8(12)11(4-3-9)6-5-10(7)2/h7H,3-6,9H2,1-2H3. The maximum absolute atomic E-state index is 11.6. The maximum atomic E-state index is 11.6. The third-order valence-electron chi connectivity index (χ3n) is 2.45. The summed E-state index contributed by atoms with van der Waals surface area (Å²) in [5.41, 5.74) is 5.39. The molecule has 0 bridgehead atoms. The summed E-state index contributed by atoms with van der Waals surface area (Å²) in [4.78, 5) is 15.5. The minimum absolute atomic E-state index is 0.0188. The molecule has 4 nitrogen and oxygen atoms in total. The summed E-state index contributed by atoms with van der Waals surface area (Å²) in [5.74, 6) is 0.203. The van der Waals surface area contributed by atoms with Gasteiger partial charge >= 0.3 is 0 Å². The molecule has 0 aliphatic carbocycles. The molecular weight excluding hydrogens is 154 g/mol. The maximum Gasteiger partial charge on any atom is 0.239 e. The second-order valence-electron chi connectivity index (χ2n) is 3.27. The summed E-state index contributed by atoms with van der Waals surface area (Å²) in [7, 11) is 1.97. The molecule has 4 heteroatoms. The number of nitrogens with two attached hydrogens (primary N) is 1. The Kier molecular flexibility index (Phi) is 3.05. The molecule has 12 heavy (non-hydrogen) atoms. The van der Waals surface area contributed by atoms with E-state index < -0.39 is 0 Å². The molecule has 1 atom stereocenters. The first kappa shape index (κ1) is 9.48. The highest BCUT2D eigenvalue weighted by Crippen LogP contribution is 2.07. The Hall–Kier alpha value is -0.610. The van der Waals surface area contributed by atoms with Crippen molar-refractivity contribution < 1.29 is 4.79 Å². The molecule has 1 aliphatic rings. The van der Waals surface area contributed by atoms with Crippen molar-refractivity contribution in [2.45, 2.75) is 13.0 Å². The normalized spacial score (nSPS) is 26.4. The van der Waals surface area contributed by atoms with E-state index in [0.29, 0.717) is 13.1 Å². The number of likely N-dealkylation sites (N-methyl/N-ethyl adjacent to an activating group) is 1. The molecular formula is C8H17N3O. The zero-order chi connectivity index (χ0) is 9.14. The number of piperazine rings is 1. The average molecular weight is 171 g/mol. The first-order chi connectivity index (χ1) is 5.66. The van der Waals surface area contributed by atoms with Crippen molar-refractivity contribution >= 4 is 5.91 Å². The third-order valence-corrected chi connectivity index (χ3v) is 2.45. The molecule has 1 unspecified atom stereocenters. The van der Waals surface area contributed by atoms with E-state index >= 15 is 0 Å². The molecule has 1 rings (SSSR count). The van der Waals surface area contributed by atoms with Gasteiger partial charge in [-0.1, -0.05) is 0 Å². The molecule has 1 heterocycles. The lowest BCUT2D eigenvalue weighted by molar-refractivity contribution is -0.139. The van der Waals surface area contributed by atoms with Crippen molar-refractivity contribution in [1.29, 1.82) is 0 Å². The number of carbonyl (C=O) groups excluding carboxylic acids is 1. The number of nitrogens with zero attached hydrogens (tertiary/aromatic N) is 2. The zero-order valence-electron chi connectivity index (χ0n) is 7.79. The molecule has 70 valence electrons. The molecule has 1 saturated heterocycles. The molecule has 0 aromatic carbocycles. The fourth-order valence-corrected chi connectivity index (χ4v) is 1.41.